The summed E-state index contributed by atoms with van der Waals surface area (Å²) in [6.07, 6.45) is 0.225. The molecular formula is C23H21N2O6S-. The van der Waals surface area contributed by atoms with Crippen LogP contribution in [-0.2, 0) is 14.4 Å². The smallest absolute Gasteiger partial charge is 0.270 e. The second kappa shape index (κ2) is 9.61. The first kappa shape index (κ1) is 23.0. The molecule has 2 amide bonds. The molecule has 9 heteroatoms. The molecule has 0 unspecified atom stereocenters. The van der Waals surface area contributed by atoms with E-state index >= 15 is 0 Å². The van der Waals surface area contributed by atoms with Crippen LogP contribution < -0.4 is 24.8 Å². The van der Waals surface area contributed by atoms with Crippen LogP contribution in [0.2, 0.25) is 0 Å². The Morgan fingerprint density at radius 2 is 1.88 bits per heavy atom. The van der Waals surface area contributed by atoms with Crippen LogP contribution >= 0.6 is 12.2 Å². The first-order valence-electron chi connectivity index (χ1n) is 9.83. The van der Waals surface area contributed by atoms with Gasteiger partial charge in [0.05, 0.1) is 18.3 Å². The number of carboxylic acid groups (broad SMARTS) is 1. The van der Waals surface area contributed by atoms with Crippen molar-refractivity contribution >= 4 is 46.9 Å². The van der Waals surface area contributed by atoms with Crippen molar-refractivity contribution in [3.8, 4) is 11.5 Å². The second-order valence-electron chi connectivity index (χ2n) is 7.01. The molecule has 2 aromatic rings. The molecule has 0 saturated carbocycles. The van der Waals surface area contributed by atoms with Gasteiger partial charge in [0.15, 0.2) is 16.6 Å². The SMILES string of the molecule is CCOc1cc(/C=C2/C(=O)NC(=S)N(c3ccc(C)cc3)C2=O)ccc1O[C@H](C)C(=O)[O-]. The van der Waals surface area contributed by atoms with Crippen molar-refractivity contribution < 1.29 is 29.0 Å². The van der Waals surface area contributed by atoms with Crippen LogP contribution in [0.3, 0.4) is 0 Å². The van der Waals surface area contributed by atoms with E-state index in [2.05, 4.69) is 5.32 Å². The third-order valence-corrected chi connectivity index (χ3v) is 4.89. The highest BCUT2D eigenvalue weighted by Gasteiger charge is 2.34. The molecule has 0 bridgehead atoms. The normalized spacial score (nSPS) is 16.0. The van der Waals surface area contributed by atoms with Gasteiger partial charge >= 0.3 is 0 Å². The minimum Gasteiger partial charge on any atom is -0.546 e. The number of carbonyl (C=O) groups is 3. The van der Waals surface area contributed by atoms with Crippen molar-refractivity contribution in [2.24, 2.45) is 0 Å². The van der Waals surface area contributed by atoms with Crippen LogP contribution in [0.5, 0.6) is 11.5 Å². The topological polar surface area (TPSA) is 108 Å². The number of anilines is 1. The first-order valence-corrected chi connectivity index (χ1v) is 10.2. The lowest BCUT2D eigenvalue weighted by atomic mass is 10.1. The molecule has 2 aromatic carbocycles. The van der Waals surface area contributed by atoms with E-state index in [1.165, 1.54) is 24.0 Å². The van der Waals surface area contributed by atoms with Gasteiger partial charge < -0.3 is 19.4 Å². The number of nitrogens with one attached hydrogen (secondary N) is 1. The fraction of sp³-hybridized carbons (Fsp3) is 0.217. The molecule has 1 saturated heterocycles. The van der Waals surface area contributed by atoms with E-state index in [1.807, 2.05) is 19.1 Å². The number of thiocarbonyl (C=S) groups is 1. The van der Waals surface area contributed by atoms with Gasteiger partial charge in [-0.2, -0.15) is 0 Å². The van der Waals surface area contributed by atoms with Gasteiger partial charge in [-0.3, -0.25) is 19.8 Å². The Morgan fingerprint density at radius 3 is 2.50 bits per heavy atom. The second-order valence-corrected chi connectivity index (χ2v) is 7.40. The Hall–Kier alpha value is -3.72. The molecule has 0 aliphatic carbocycles. The number of carboxylic acids is 1. The minimum absolute atomic E-state index is 0.00368. The summed E-state index contributed by atoms with van der Waals surface area (Å²) in [4.78, 5) is 37.9. The molecule has 1 N–H and O–H groups in total. The van der Waals surface area contributed by atoms with Gasteiger partial charge in [0.2, 0.25) is 0 Å². The number of ether oxygens (including phenoxy) is 2. The van der Waals surface area contributed by atoms with Crippen molar-refractivity contribution in [1.29, 1.82) is 0 Å². The Kier molecular flexibility index (Phi) is 6.89. The standard InChI is InChI=1S/C23H22N2O6S/c1-4-30-19-12-15(7-10-18(19)31-14(3)22(28)29)11-17-20(26)24-23(32)25(21(17)27)16-8-5-13(2)6-9-16/h5-12,14H,4H2,1-3H3,(H,28,29)(H,24,26,32)/p-1/b17-11-/t14-/m1/s1. The van der Waals surface area contributed by atoms with E-state index < -0.39 is 23.9 Å². The summed E-state index contributed by atoms with van der Waals surface area (Å²) in [5.74, 6) is -2.08. The van der Waals surface area contributed by atoms with E-state index in [-0.39, 0.29) is 22.2 Å². The molecule has 1 aliphatic rings. The van der Waals surface area contributed by atoms with Gasteiger partial charge in [-0.25, -0.2) is 0 Å². The highest BCUT2D eigenvalue weighted by atomic mass is 32.1. The Morgan fingerprint density at radius 1 is 1.19 bits per heavy atom. The maximum absolute atomic E-state index is 13.1. The molecular weight excluding hydrogens is 432 g/mol. The predicted octanol–water partition coefficient (Wildman–Crippen LogP) is 1.74. The molecule has 0 aromatic heterocycles. The van der Waals surface area contributed by atoms with Crippen molar-refractivity contribution in [3.63, 3.8) is 0 Å². The van der Waals surface area contributed by atoms with Gasteiger partial charge in [-0.15, -0.1) is 0 Å². The lowest BCUT2D eigenvalue weighted by Crippen LogP contribution is -2.54. The zero-order valence-electron chi connectivity index (χ0n) is 17.7. The summed E-state index contributed by atoms with van der Waals surface area (Å²) in [7, 11) is 0. The quantitative estimate of drug-likeness (QED) is 0.387. The number of aliphatic carboxylic acids is 1. The van der Waals surface area contributed by atoms with Gasteiger partial charge in [-0.05, 0) is 68.9 Å². The van der Waals surface area contributed by atoms with E-state index in [0.29, 0.717) is 17.9 Å². The number of hydrogen-bond acceptors (Lipinski definition) is 7. The number of amides is 2. The molecule has 1 atom stereocenters. The van der Waals surface area contributed by atoms with Crippen LogP contribution in [0, 0.1) is 6.92 Å². The summed E-state index contributed by atoms with van der Waals surface area (Å²) in [5.41, 5.74) is 1.92. The zero-order chi connectivity index (χ0) is 23.4. The third kappa shape index (κ3) is 4.94. The zero-order valence-corrected chi connectivity index (χ0v) is 18.5. The number of benzene rings is 2. The van der Waals surface area contributed by atoms with Crippen molar-refractivity contribution in [1.82, 2.24) is 5.32 Å². The van der Waals surface area contributed by atoms with Crippen LogP contribution in [0.1, 0.15) is 25.0 Å². The van der Waals surface area contributed by atoms with E-state index in [9.17, 15) is 19.5 Å². The number of nitrogens with zero attached hydrogens (tertiary/aromatic N) is 1. The van der Waals surface area contributed by atoms with Crippen LogP contribution in [0.25, 0.3) is 6.08 Å². The molecule has 0 radical (unpaired) electrons. The van der Waals surface area contributed by atoms with Crippen LogP contribution in [-0.4, -0.2) is 35.6 Å². The molecule has 8 nitrogen and oxygen atoms in total. The van der Waals surface area contributed by atoms with Gasteiger partial charge in [-0.1, -0.05) is 23.8 Å². The molecule has 1 fully saturated rings. The summed E-state index contributed by atoms with van der Waals surface area (Å²) in [6.45, 7) is 5.32. The monoisotopic (exact) mass is 453 g/mol. The van der Waals surface area contributed by atoms with Gasteiger partial charge in [0, 0.05) is 0 Å². The first-order chi connectivity index (χ1) is 15.2. The maximum atomic E-state index is 13.1. The van der Waals surface area contributed by atoms with Gasteiger partial charge in [0.1, 0.15) is 11.7 Å². The number of carbonyl (C=O) groups excluding carboxylic acids is 3. The summed E-state index contributed by atoms with van der Waals surface area (Å²) >= 11 is 5.20. The fourth-order valence-electron chi connectivity index (χ4n) is 2.97. The minimum atomic E-state index is -1.37. The lowest BCUT2D eigenvalue weighted by molar-refractivity contribution is -0.312. The lowest BCUT2D eigenvalue weighted by Gasteiger charge is -2.29. The number of aryl methyl sites for hydroxylation is 1. The van der Waals surface area contributed by atoms with Crippen molar-refractivity contribution in [2.75, 3.05) is 11.5 Å². The van der Waals surface area contributed by atoms with E-state index in [0.717, 1.165) is 5.56 Å². The van der Waals surface area contributed by atoms with E-state index in [4.69, 9.17) is 21.7 Å². The molecule has 1 aliphatic heterocycles. The molecule has 32 heavy (non-hydrogen) atoms. The summed E-state index contributed by atoms with van der Waals surface area (Å²) in [5, 5.41) is 13.5. The van der Waals surface area contributed by atoms with E-state index in [1.54, 1.807) is 31.2 Å². The van der Waals surface area contributed by atoms with Gasteiger partial charge in [0.25, 0.3) is 11.8 Å². The summed E-state index contributed by atoms with van der Waals surface area (Å²) < 4.78 is 10.9. The van der Waals surface area contributed by atoms with Crippen LogP contribution in [0.15, 0.2) is 48.0 Å². The third-order valence-electron chi connectivity index (χ3n) is 4.61. The molecule has 1 heterocycles. The van der Waals surface area contributed by atoms with Crippen molar-refractivity contribution in [2.45, 2.75) is 26.9 Å². The van der Waals surface area contributed by atoms with Crippen molar-refractivity contribution in [3.05, 3.63) is 59.2 Å². The molecule has 3 rings (SSSR count). The predicted molar refractivity (Wildman–Crippen MR) is 120 cm³/mol. The molecule has 166 valence electrons. The average molecular weight is 453 g/mol. The Balaban J connectivity index is 1.96. The Bertz CT molecular complexity index is 1110. The Labute approximate surface area is 190 Å². The number of hydrogen-bond donors (Lipinski definition) is 1. The number of rotatable bonds is 7. The average Bonchev–Trinajstić information content (AvgIpc) is 2.74. The molecule has 0 spiro atoms. The van der Waals surface area contributed by atoms with Crippen LogP contribution in [0.4, 0.5) is 5.69 Å². The maximum Gasteiger partial charge on any atom is 0.270 e. The highest BCUT2D eigenvalue weighted by molar-refractivity contribution is 7.80. The largest absolute Gasteiger partial charge is 0.546 e. The highest BCUT2D eigenvalue weighted by Crippen LogP contribution is 2.31. The summed E-state index contributed by atoms with van der Waals surface area (Å²) in [6, 6.07) is 11.8. The fourth-order valence-corrected chi connectivity index (χ4v) is 3.25.